The first-order chi connectivity index (χ1) is 8.31. The van der Waals surface area contributed by atoms with Crippen LogP contribution in [0.5, 0.6) is 0 Å². The fourth-order valence-electron chi connectivity index (χ4n) is 1.81. The zero-order valence-electron chi connectivity index (χ0n) is 10.1. The normalized spacial score (nSPS) is 12.4. The zero-order chi connectivity index (χ0) is 12.1. The highest BCUT2D eigenvalue weighted by Gasteiger charge is 2.14. The summed E-state index contributed by atoms with van der Waals surface area (Å²) in [6.07, 6.45) is 7.06. The summed E-state index contributed by atoms with van der Waals surface area (Å²) < 4.78 is 0. The Labute approximate surface area is 101 Å². The molecule has 1 unspecified atom stereocenters. The van der Waals surface area contributed by atoms with Gasteiger partial charge in [0.25, 0.3) is 0 Å². The summed E-state index contributed by atoms with van der Waals surface area (Å²) in [5.41, 5.74) is 3.25. The largest absolute Gasteiger partial charge is 0.305 e. The van der Waals surface area contributed by atoms with Crippen molar-refractivity contribution < 1.29 is 0 Å². The minimum absolute atomic E-state index is 0.0791. The van der Waals surface area contributed by atoms with Gasteiger partial charge in [0, 0.05) is 18.6 Å². The van der Waals surface area contributed by atoms with Gasteiger partial charge in [0.2, 0.25) is 0 Å². The van der Waals surface area contributed by atoms with Gasteiger partial charge in [-0.25, -0.2) is 9.97 Å². The van der Waals surface area contributed by atoms with E-state index in [1.165, 1.54) is 0 Å². The van der Waals surface area contributed by atoms with E-state index in [-0.39, 0.29) is 6.04 Å². The first kappa shape index (κ1) is 11.7. The summed E-state index contributed by atoms with van der Waals surface area (Å²) in [6, 6.07) is 4.13. The Morgan fingerprint density at radius 3 is 2.82 bits per heavy atom. The monoisotopic (exact) mass is 228 g/mol. The smallest absolute Gasteiger partial charge is 0.115 e. The number of pyridine rings is 1. The van der Waals surface area contributed by atoms with Gasteiger partial charge in [-0.05, 0) is 30.7 Å². The minimum Gasteiger partial charge on any atom is -0.305 e. The lowest BCUT2D eigenvalue weighted by Crippen LogP contribution is -2.23. The molecule has 2 heterocycles. The molecule has 0 aliphatic carbocycles. The maximum absolute atomic E-state index is 4.30. The second-order valence-electron chi connectivity index (χ2n) is 3.92. The van der Waals surface area contributed by atoms with Crippen LogP contribution in [0.4, 0.5) is 0 Å². The number of aryl methyl sites for hydroxylation is 1. The second-order valence-corrected chi connectivity index (χ2v) is 3.92. The predicted octanol–water partition coefficient (Wildman–Crippen LogP) is 1.88. The summed E-state index contributed by atoms with van der Waals surface area (Å²) in [6.45, 7) is 5.00. The van der Waals surface area contributed by atoms with Crippen molar-refractivity contribution in [1.82, 2.24) is 20.3 Å². The fraction of sp³-hybridized carbons (Fsp3) is 0.308. The molecule has 0 aliphatic heterocycles. The van der Waals surface area contributed by atoms with Gasteiger partial charge in [-0.15, -0.1) is 0 Å². The first-order valence-electron chi connectivity index (χ1n) is 5.72. The lowest BCUT2D eigenvalue weighted by Gasteiger charge is -2.17. The van der Waals surface area contributed by atoms with E-state index in [2.05, 4.69) is 33.3 Å². The maximum Gasteiger partial charge on any atom is 0.115 e. The molecule has 0 spiro atoms. The maximum atomic E-state index is 4.30. The molecule has 4 heteroatoms. The topological polar surface area (TPSA) is 50.7 Å². The Morgan fingerprint density at radius 1 is 1.29 bits per heavy atom. The second kappa shape index (κ2) is 5.50. The third-order valence-electron chi connectivity index (χ3n) is 2.54. The molecule has 17 heavy (non-hydrogen) atoms. The highest BCUT2D eigenvalue weighted by Crippen LogP contribution is 2.19. The van der Waals surface area contributed by atoms with Crippen molar-refractivity contribution in [1.29, 1.82) is 0 Å². The summed E-state index contributed by atoms with van der Waals surface area (Å²) in [4.78, 5) is 12.5. The van der Waals surface area contributed by atoms with Gasteiger partial charge in [-0.3, -0.25) is 4.98 Å². The third kappa shape index (κ3) is 2.85. The molecule has 1 atom stereocenters. The van der Waals surface area contributed by atoms with E-state index >= 15 is 0 Å². The molecular formula is C13H16N4. The summed E-state index contributed by atoms with van der Waals surface area (Å²) in [5.74, 6) is 0. The number of nitrogens with zero attached hydrogens (tertiary/aromatic N) is 3. The van der Waals surface area contributed by atoms with Crippen molar-refractivity contribution in [3.05, 3.63) is 53.9 Å². The average Bonchev–Trinajstić information content (AvgIpc) is 2.37. The molecule has 0 bridgehead atoms. The van der Waals surface area contributed by atoms with Gasteiger partial charge >= 0.3 is 0 Å². The number of nitrogens with one attached hydrogen (secondary N) is 1. The average molecular weight is 228 g/mol. The highest BCUT2D eigenvalue weighted by atomic mass is 14.9. The molecule has 0 saturated carbocycles. The molecule has 2 rings (SSSR count). The summed E-state index contributed by atoms with van der Waals surface area (Å²) in [7, 11) is 0. The van der Waals surface area contributed by atoms with Crippen LogP contribution in [-0.2, 0) is 0 Å². The van der Waals surface area contributed by atoms with Crippen LogP contribution >= 0.6 is 0 Å². The highest BCUT2D eigenvalue weighted by molar-refractivity contribution is 5.27. The van der Waals surface area contributed by atoms with Crippen LogP contribution in [0.1, 0.15) is 29.8 Å². The Bertz CT molecular complexity index is 470. The molecule has 0 saturated heterocycles. The Hall–Kier alpha value is -1.81. The molecule has 1 N–H and O–H groups in total. The van der Waals surface area contributed by atoms with Gasteiger partial charge in [-0.2, -0.15) is 0 Å². The lowest BCUT2D eigenvalue weighted by molar-refractivity contribution is 0.611. The number of hydrogen-bond acceptors (Lipinski definition) is 4. The van der Waals surface area contributed by atoms with E-state index in [1.807, 2.05) is 25.4 Å². The molecule has 4 nitrogen and oxygen atoms in total. The van der Waals surface area contributed by atoms with E-state index in [0.717, 1.165) is 23.4 Å². The Kier molecular flexibility index (Phi) is 3.77. The number of rotatable bonds is 4. The fourth-order valence-corrected chi connectivity index (χ4v) is 1.81. The lowest BCUT2D eigenvalue weighted by atomic mass is 10.0. The van der Waals surface area contributed by atoms with Crippen LogP contribution in [0.3, 0.4) is 0 Å². The molecule has 2 aromatic heterocycles. The SMILES string of the molecule is CCNC(c1cncc(C)c1)c1ccncn1. The molecule has 0 radical (unpaired) electrons. The molecule has 88 valence electrons. The predicted molar refractivity (Wildman–Crippen MR) is 66.5 cm³/mol. The summed E-state index contributed by atoms with van der Waals surface area (Å²) in [5, 5.41) is 3.41. The quantitative estimate of drug-likeness (QED) is 0.868. The molecule has 0 aliphatic rings. The van der Waals surface area contributed by atoms with Crippen molar-refractivity contribution in [3.63, 3.8) is 0 Å². The van der Waals surface area contributed by atoms with Crippen LogP contribution in [0, 0.1) is 6.92 Å². The standard InChI is InChI=1S/C13H16N4/c1-3-16-13(12-4-5-14-9-17-12)11-6-10(2)7-15-8-11/h4-9,13,16H,3H2,1-2H3. The molecule has 2 aromatic rings. The van der Waals surface area contributed by atoms with Crippen molar-refractivity contribution in [2.45, 2.75) is 19.9 Å². The van der Waals surface area contributed by atoms with Crippen LogP contribution in [0.25, 0.3) is 0 Å². The molecule has 0 aromatic carbocycles. The van der Waals surface area contributed by atoms with Gasteiger partial charge in [-0.1, -0.05) is 13.0 Å². The van der Waals surface area contributed by atoms with Gasteiger partial charge in [0.05, 0.1) is 11.7 Å². The van der Waals surface area contributed by atoms with E-state index < -0.39 is 0 Å². The van der Waals surface area contributed by atoms with Crippen molar-refractivity contribution >= 4 is 0 Å². The summed E-state index contributed by atoms with van der Waals surface area (Å²) >= 11 is 0. The van der Waals surface area contributed by atoms with E-state index in [0.29, 0.717) is 0 Å². The van der Waals surface area contributed by atoms with Crippen LogP contribution in [0.15, 0.2) is 37.1 Å². The minimum atomic E-state index is 0.0791. The van der Waals surface area contributed by atoms with Crippen molar-refractivity contribution in [2.75, 3.05) is 6.54 Å². The van der Waals surface area contributed by atoms with E-state index in [4.69, 9.17) is 0 Å². The third-order valence-corrected chi connectivity index (χ3v) is 2.54. The van der Waals surface area contributed by atoms with Gasteiger partial charge in [0.1, 0.15) is 6.33 Å². The van der Waals surface area contributed by atoms with Crippen LogP contribution < -0.4 is 5.32 Å². The number of hydrogen-bond donors (Lipinski definition) is 1. The first-order valence-corrected chi connectivity index (χ1v) is 5.72. The Balaban J connectivity index is 2.35. The zero-order valence-corrected chi connectivity index (χ0v) is 10.1. The van der Waals surface area contributed by atoms with Crippen molar-refractivity contribution in [3.8, 4) is 0 Å². The Morgan fingerprint density at radius 2 is 2.18 bits per heavy atom. The van der Waals surface area contributed by atoms with E-state index in [1.54, 1.807) is 12.5 Å². The van der Waals surface area contributed by atoms with Gasteiger partial charge in [0.15, 0.2) is 0 Å². The molecular weight excluding hydrogens is 212 g/mol. The number of aromatic nitrogens is 3. The van der Waals surface area contributed by atoms with Crippen LogP contribution in [-0.4, -0.2) is 21.5 Å². The van der Waals surface area contributed by atoms with Crippen LogP contribution in [0.2, 0.25) is 0 Å². The molecule has 0 fully saturated rings. The van der Waals surface area contributed by atoms with Gasteiger partial charge < -0.3 is 5.32 Å². The van der Waals surface area contributed by atoms with Crippen molar-refractivity contribution in [2.24, 2.45) is 0 Å². The molecule has 0 amide bonds. The van der Waals surface area contributed by atoms with E-state index in [9.17, 15) is 0 Å².